The number of rotatable bonds is 11. The van der Waals surface area contributed by atoms with Crippen molar-refractivity contribution in [3.05, 3.63) is 0 Å². The Bertz CT molecular complexity index is 256. The number of carboxylic acid groups (broad SMARTS) is 1. The van der Waals surface area contributed by atoms with Crippen molar-refractivity contribution in [1.29, 1.82) is 5.26 Å². The van der Waals surface area contributed by atoms with Gasteiger partial charge < -0.3 is 5.11 Å². The molecule has 0 aromatic rings. The largest absolute Gasteiger partial charge is 0.480 e. The summed E-state index contributed by atoms with van der Waals surface area (Å²) in [4.78, 5) is 11.4. The SMILES string of the molecule is CCCCCCC(C#N)(CCCCCC)C(=O)O. The highest BCUT2D eigenvalue weighted by atomic mass is 16.4. The van der Waals surface area contributed by atoms with Crippen LogP contribution in [-0.2, 0) is 4.79 Å². The molecule has 0 rings (SSSR count). The van der Waals surface area contributed by atoms with Gasteiger partial charge in [0.2, 0.25) is 0 Å². The molecule has 0 aromatic carbocycles. The van der Waals surface area contributed by atoms with E-state index in [1.807, 2.05) is 0 Å². The normalized spacial score (nSPS) is 11.2. The number of aliphatic carboxylic acids is 1. The zero-order valence-electron chi connectivity index (χ0n) is 11.9. The van der Waals surface area contributed by atoms with E-state index in [9.17, 15) is 15.2 Å². The Balaban J connectivity index is 4.25. The Hall–Kier alpha value is -1.04. The summed E-state index contributed by atoms with van der Waals surface area (Å²) in [5, 5.41) is 18.5. The minimum absolute atomic E-state index is 0.505. The summed E-state index contributed by atoms with van der Waals surface area (Å²) in [5.41, 5.74) is -1.14. The van der Waals surface area contributed by atoms with Crippen LogP contribution in [0.5, 0.6) is 0 Å². The van der Waals surface area contributed by atoms with Crippen LogP contribution in [-0.4, -0.2) is 11.1 Å². The molecule has 0 spiro atoms. The molecule has 3 nitrogen and oxygen atoms in total. The Morgan fingerprint density at radius 1 is 1.00 bits per heavy atom. The van der Waals surface area contributed by atoms with E-state index in [4.69, 9.17) is 0 Å². The molecule has 0 atom stereocenters. The summed E-state index contributed by atoms with van der Waals surface area (Å²) in [6, 6.07) is 2.07. The average molecular weight is 253 g/mol. The van der Waals surface area contributed by atoms with E-state index < -0.39 is 11.4 Å². The van der Waals surface area contributed by atoms with E-state index in [0.717, 1.165) is 51.4 Å². The maximum absolute atomic E-state index is 11.4. The Labute approximate surface area is 111 Å². The van der Waals surface area contributed by atoms with Crippen LogP contribution in [0.2, 0.25) is 0 Å². The lowest BCUT2D eigenvalue weighted by molar-refractivity contribution is -0.146. The molecular weight excluding hydrogens is 226 g/mol. The minimum atomic E-state index is -1.14. The minimum Gasteiger partial charge on any atom is -0.480 e. The summed E-state index contributed by atoms with van der Waals surface area (Å²) in [6.07, 6.45) is 9.27. The molecule has 0 fully saturated rings. The summed E-state index contributed by atoms with van der Waals surface area (Å²) in [6.45, 7) is 4.25. The standard InChI is InChI=1S/C15H27NO2/c1-3-5-7-9-11-15(13-16,14(17)18)12-10-8-6-4-2/h3-12H2,1-2H3,(H,17,18). The molecule has 0 radical (unpaired) electrons. The summed E-state index contributed by atoms with van der Waals surface area (Å²) < 4.78 is 0. The molecule has 18 heavy (non-hydrogen) atoms. The summed E-state index contributed by atoms with van der Waals surface area (Å²) >= 11 is 0. The zero-order chi connectivity index (χ0) is 13.9. The van der Waals surface area contributed by atoms with Crippen molar-refractivity contribution >= 4 is 5.97 Å². The molecule has 0 amide bonds. The first-order chi connectivity index (χ1) is 8.63. The molecule has 0 aromatic heterocycles. The van der Waals surface area contributed by atoms with Crippen LogP contribution in [0.4, 0.5) is 0 Å². The predicted molar refractivity (Wildman–Crippen MR) is 73.2 cm³/mol. The molecule has 0 unspecified atom stereocenters. The second-order valence-corrected chi connectivity index (χ2v) is 5.12. The monoisotopic (exact) mass is 253 g/mol. The van der Waals surface area contributed by atoms with Crippen LogP contribution < -0.4 is 0 Å². The van der Waals surface area contributed by atoms with E-state index >= 15 is 0 Å². The van der Waals surface area contributed by atoms with Crippen molar-refractivity contribution in [2.75, 3.05) is 0 Å². The number of unbranched alkanes of at least 4 members (excludes halogenated alkanes) is 6. The second-order valence-electron chi connectivity index (χ2n) is 5.12. The van der Waals surface area contributed by atoms with Crippen LogP contribution in [0.15, 0.2) is 0 Å². The predicted octanol–water partition coefficient (Wildman–Crippen LogP) is 4.52. The van der Waals surface area contributed by atoms with Crippen molar-refractivity contribution < 1.29 is 9.90 Å². The van der Waals surface area contributed by atoms with Crippen LogP contribution in [0.25, 0.3) is 0 Å². The van der Waals surface area contributed by atoms with Gasteiger partial charge in [0.15, 0.2) is 5.41 Å². The van der Waals surface area contributed by atoms with Gasteiger partial charge in [-0.3, -0.25) is 4.79 Å². The molecule has 0 saturated heterocycles. The van der Waals surface area contributed by atoms with Gasteiger partial charge in [-0.2, -0.15) is 5.26 Å². The van der Waals surface area contributed by atoms with Crippen molar-refractivity contribution in [3.8, 4) is 6.07 Å². The van der Waals surface area contributed by atoms with Gasteiger partial charge in [0, 0.05) is 0 Å². The van der Waals surface area contributed by atoms with Crippen LogP contribution >= 0.6 is 0 Å². The third kappa shape index (κ3) is 6.05. The fraction of sp³-hybridized carbons (Fsp3) is 0.867. The molecule has 0 aliphatic carbocycles. The first kappa shape index (κ1) is 17.0. The van der Waals surface area contributed by atoms with Gasteiger partial charge >= 0.3 is 5.97 Å². The van der Waals surface area contributed by atoms with Crippen molar-refractivity contribution in [2.24, 2.45) is 5.41 Å². The molecule has 0 aliphatic heterocycles. The van der Waals surface area contributed by atoms with Crippen LogP contribution in [0.1, 0.15) is 78.1 Å². The number of hydrogen-bond acceptors (Lipinski definition) is 2. The lowest BCUT2D eigenvalue weighted by Gasteiger charge is -2.21. The molecule has 0 heterocycles. The van der Waals surface area contributed by atoms with E-state index in [0.29, 0.717) is 12.8 Å². The highest BCUT2D eigenvalue weighted by molar-refractivity contribution is 5.77. The van der Waals surface area contributed by atoms with Crippen molar-refractivity contribution in [1.82, 2.24) is 0 Å². The molecule has 0 saturated carbocycles. The van der Waals surface area contributed by atoms with Gasteiger partial charge in [0.25, 0.3) is 0 Å². The third-order valence-electron chi connectivity index (χ3n) is 3.54. The Kier molecular flexibility index (Phi) is 9.36. The molecule has 104 valence electrons. The van der Waals surface area contributed by atoms with Gasteiger partial charge in [-0.15, -0.1) is 0 Å². The number of nitrogens with zero attached hydrogens (tertiary/aromatic N) is 1. The van der Waals surface area contributed by atoms with Gasteiger partial charge in [-0.25, -0.2) is 0 Å². The quantitative estimate of drug-likeness (QED) is 0.550. The van der Waals surface area contributed by atoms with Gasteiger partial charge in [0.1, 0.15) is 0 Å². The number of carbonyl (C=O) groups is 1. The van der Waals surface area contributed by atoms with E-state index in [2.05, 4.69) is 19.9 Å². The maximum atomic E-state index is 11.4. The van der Waals surface area contributed by atoms with Gasteiger partial charge in [0.05, 0.1) is 6.07 Å². The van der Waals surface area contributed by atoms with E-state index in [1.54, 1.807) is 0 Å². The molecule has 0 aliphatic rings. The molecular formula is C15H27NO2. The smallest absolute Gasteiger partial charge is 0.324 e. The van der Waals surface area contributed by atoms with Gasteiger partial charge in [-0.05, 0) is 12.8 Å². The maximum Gasteiger partial charge on any atom is 0.324 e. The fourth-order valence-electron chi connectivity index (χ4n) is 2.21. The van der Waals surface area contributed by atoms with E-state index in [-0.39, 0.29) is 0 Å². The Morgan fingerprint density at radius 2 is 1.44 bits per heavy atom. The van der Waals surface area contributed by atoms with E-state index in [1.165, 1.54) is 0 Å². The summed E-state index contributed by atoms with van der Waals surface area (Å²) in [5.74, 6) is -0.932. The van der Waals surface area contributed by atoms with Crippen molar-refractivity contribution in [2.45, 2.75) is 78.1 Å². The number of carboxylic acids is 1. The van der Waals surface area contributed by atoms with Gasteiger partial charge in [-0.1, -0.05) is 65.2 Å². The highest BCUT2D eigenvalue weighted by Crippen LogP contribution is 2.31. The lowest BCUT2D eigenvalue weighted by Crippen LogP contribution is -2.29. The Morgan fingerprint density at radius 3 is 1.72 bits per heavy atom. The molecule has 1 N–H and O–H groups in total. The molecule has 3 heteroatoms. The average Bonchev–Trinajstić information content (AvgIpc) is 2.37. The third-order valence-corrected chi connectivity index (χ3v) is 3.54. The first-order valence-corrected chi connectivity index (χ1v) is 7.27. The fourth-order valence-corrected chi connectivity index (χ4v) is 2.21. The topological polar surface area (TPSA) is 61.1 Å². The second kappa shape index (κ2) is 9.94. The van der Waals surface area contributed by atoms with Crippen LogP contribution in [0.3, 0.4) is 0 Å². The summed E-state index contributed by atoms with van der Waals surface area (Å²) in [7, 11) is 0. The molecule has 0 bridgehead atoms. The number of hydrogen-bond donors (Lipinski definition) is 1. The first-order valence-electron chi connectivity index (χ1n) is 7.27. The van der Waals surface area contributed by atoms with Crippen LogP contribution in [0, 0.1) is 16.7 Å². The number of nitriles is 1. The zero-order valence-corrected chi connectivity index (χ0v) is 11.9. The lowest BCUT2D eigenvalue weighted by atomic mass is 9.79. The highest BCUT2D eigenvalue weighted by Gasteiger charge is 2.37. The van der Waals surface area contributed by atoms with Crippen molar-refractivity contribution in [3.63, 3.8) is 0 Å².